The lowest BCUT2D eigenvalue weighted by Crippen LogP contribution is -2.25. The van der Waals surface area contributed by atoms with E-state index in [2.05, 4.69) is 30.6 Å². The summed E-state index contributed by atoms with van der Waals surface area (Å²) in [4.78, 5) is 11.2. The minimum Gasteiger partial charge on any atom is -0.492 e. The lowest BCUT2D eigenvalue weighted by molar-refractivity contribution is 0.238. The van der Waals surface area contributed by atoms with Gasteiger partial charge in [0.15, 0.2) is 5.82 Å². The summed E-state index contributed by atoms with van der Waals surface area (Å²) in [6.45, 7) is 4.09. The minimum atomic E-state index is 0.498. The summed E-state index contributed by atoms with van der Waals surface area (Å²) in [6, 6.07) is 13.5. The fourth-order valence-corrected chi connectivity index (χ4v) is 3.23. The van der Waals surface area contributed by atoms with Crippen molar-refractivity contribution in [2.45, 2.75) is 12.8 Å². The molecule has 8 heteroatoms. The van der Waals surface area contributed by atoms with Crippen molar-refractivity contribution in [3.05, 3.63) is 48.7 Å². The second-order valence-corrected chi connectivity index (χ2v) is 6.66. The van der Waals surface area contributed by atoms with Crippen LogP contribution in [0.3, 0.4) is 0 Å². The molecular formula is C20H25N7O. The van der Waals surface area contributed by atoms with E-state index in [1.54, 1.807) is 10.9 Å². The van der Waals surface area contributed by atoms with Gasteiger partial charge in [0.1, 0.15) is 12.4 Å². The SMILES string of the molecule is CNc1nc(Nc2ccc(OCCN3CCCC3)cc2)nn1-c1ccccn1. The van der Waals surface area contributed by atoms with Crippen LogP contribution in [0.4, 0.5) is 17.6 Å². The first-order valence-electron chi connectivity index (χ1n) is 9.60. The highest BCUT2D eigenvalue weighted by atomic mass is 16.5. The smallest absolute Gasteiger partial charge is 0.248 e. The van der Waals surface area contributed by atoms with Gasteiger partial charge < -0.3 is 15.4 Å². The van der Waals surface area contributed by atoms with Gasteiger partial charge in [0.2, 0.25) is 11.9 Å². The summed E-state index contributed by atoms with van der Waals surface area (Å²) in [5.74, 6) is 2.68. The zero-order chi connectivity index (χ0) is 19.2. The molecular weight excluding hydrogens is 354 g/mol. The maximum Gasteiger partial charge on any atom is 0.248 e. The van der Waals surface area contributed by atoms with E-state index in [-0.39, 0.29) is 0 Å². The summed E-state index contributed by atoms with van der Waals surface area (Å²) >= 11 is 0. The molecule has 3 heterocycles. The average Bonchev–Trinajstić information content (AvgIpc) is 3.40. The van der Waals surface area contributed by atoms with Crippen molar-refractivity contribution in [1.82, 2.24) is 24.6 Å². The molecule has 4 rings (SSSR count). The predicted molar refractivity (Wildman–Crippen MR) is 110 cm³/mol. The van der Waals surface area contributed by atoms with Crippen molar-refractivity contribution in [1.29, 1.82) is 0 Å². The van der Waals surface area contributed by atoms with E-state index >= 15 is 0 Å². The van der Waals surface area contributed by atoms with E-state index < -0.39 is 0 Å². The minimum absolute atomic E-state index is 0.498. The highest BCUT2D eigenvalue weighted by Crippen LogP contribution is 2.21. The number of nitrogens with zero attached hydrogens (tertiary/aromatic N) is 5. The molecule has 0 atom stereocenters. The van der Waals surface area contributed by atoms with Crippen LogP contribution in [0.1, 0.15) is 12.8 Å². The fraction of sp³-hybridized carbons (Fsp3) is 0.350. The highest BCUT2D eigenvalue weighted by molar-refractivity contribution is 5.56. The van der Waals surface area contributed by atoms with Crippen molar-refractivity contribution in [2.24, 2.45) is 0 Å². The molecule has 1 fully saturated rings. The standard InChI is InChI=1S/C20H25N7O/c1-21-20-24-19(25-27(20)18-6-2-3-11-22-18)23-16-7-9-17(10-8-16)28-15-14-26-12-4-5-13-26/h2-3,6-11H,4-5,12-15H2,1H3,(H2,21,23,24,25). The molecule has 0 spiro atoms. The van der Waals surface area contributed by atoms with Crippen LogP contribution in [0, 0.1) is 0 Å². The molecule has 0 bridgehead atoms. The van der Waals surface area contributed by atoms with Crippen LogP contribution in [-0.4, -0.2) is 57.9 Å². The van der Waals surface area contributed by atoms with Crippen molar-refractivity contribution < 1.29 is 4.74 Å². The van der Waals surface area contributed by atoms with Crippen molar-refractivity contribution in [2.75, 3.05) is 43.9 Å². The average molecular weight is 379 g/mol. The van der Waals surface area contributed by atoms with Gasteiger partial charge in [0, 0.05) is 25.5 Å². The Labute approximate surface area is 164 Å². The second kappa shape index (κ2) is 8.71. The number of pyridine rings is 1. The van der Waals surface area contributed by atoms with E-state index in [0.29, 0.717) is 24.3 Å². The second-order valence-electron chi connectivity index (χ2n) is 6.66. The molecule has 0 aliphatic carbocycles. The number of hydrogen-bond donors (Lipinski definition) is 2. The first-order chi connectivity index (χ1) is 13.8. The molecule has 1 saturated heterocycles. The number of rotatable bonds is 8. The summed E-state index contributed by atoms with van der Waals surface area (Å²) in [5, 5.41) is 10.8. The van der Waals surface area contributed by atoms with Crippen LogP contribution >= 0.6 is 0 Å². The summed E-state index contributed by atoms with van der Waals surface area (Å²) in [7, 11) is 1.81. The molecule has 28 heavy (non-hydrogen) atoms. The van der Waals surface area contributed by atoms with E-state index in [1.165, 1.54) is 25.9 Å². The number of ether oxygens (including phenoxy) is 1. The quantitative estimate of drug-likeness (QED) is 0.623. The molecule has 0 unspecified atom stereocenters. The number of benzene rings is 1. The Balaban J connectivity index is 1.37. The number of nitrogens with one attached hydrogen (secondary N) is 2. The molecule has 3 aromatic rings. The lowest BCUT2D eigenvalue weighted by Gasteiger charge is -2.15. The van der Waals surface area contributed by atoms with Gasteiger partial charge in [-0.3, -0.25) is 4.90 Å². The molecule has 146 valence electrons. The van der Waals surface area contributed by atoms with Crippen LogP contribution in [-0.2, 0) is 0 Å². The van der Waals surface area contributed by atoms with E-state index in [4.69, 9.17) is 4.74 Å². The van der Waals surface area contributed by atoms with Crippen LogP contribution in [0.2, 0.25) is 0 Å². The van der Waals surface area contributed by atoms with Gasteiger partial charge in [-0.25, -0.2) is 4.98 Å². The number of aromatic nitrogens is 4. The third kappa shape index (κ3) is 4.40. The van der Waals surface area contributed by atoms with Gasteiger partial charge in [-0.15, -0.1) is 5.10 Å². The van der Waals surface area contributed by atoms with Crippen LogP contribution in [0.15, 0.2) is 48.7 Å². The van der Waals surface area contributed by atoms with Crippen LogP contribution < -0.4 is 15.4 Å². The highest BCUT2D eigenvalue weighted by Gasteiger charge is 2.12. The Kier molecular flexibility index (Phi) is 5.67. The van der Waals surface area contributed by atoms with Crippen molar-refractivity contribution in [3.63, 3.8) is 0 Å². The van der Waals surface area contributed by atoms with E-state index in [0.717, 1.165) is 18.0 Å². The maximum atomic E-state index is 5.85. The Morgan fingerprint density at radius 1 is 1.07 bits per heavy atom. The number of anilines is 3. The van der Waals surface area contributed by atoms with Gasteiger partial charge in [-0.2, -0.15) is 9.67 Å². The largest absolute Gasteiger partial charge is 0.492 e. The first kappa shape index (κ1) is 18.2. The third-order valence-corrected chi connectivity index (χ3v) is 4.68. The summed E-state index contributed by atoms with van der Waals surface area (Å²) < 4.78 is 7.51. The maximum absolute atomic E-state index is 5.85. The third-order valence-electron chi connectivity index (χ3n) is 4.68. The van der Waals surface area contributed by atoms with Crippen molar-refractivity contribution in [3.8, 4) is 11.6 Å². The summed E-state index contributed by atoms with van der Waals surface area (Å²) in [5.41, 5.74) is 0.896. The molecule has 2 N–H and O–H groups in total. The van der Waals surface area contributed by atoms with Crippen LogP contribution in [0.5, 0.6) is 5.75 Å². The fourth-order valence-electron chi connectivity index (χ4n) is 3.23. The van der Waals surface area contributed by atoms with Crippen molar-refractivity contribution >= 4 is 17.6 Å². The zero-order valence-electron chi connectivity index (χ0n) is 16.0. The van der Waals surface area contributed by atoms with Gasteiger partial charge in [0.25, 0.3) is 0 Å². The number of likely N-dealkylation sites (tertiary alicyclic amines) is 1. The molecule has 0 saturated carbocycles. The van der Waals surface area contributed by atoms with E-state index in [9.17, 15) is 0 Å². The summed E-state index contributed by atoms with van der Waals surface area (Å²) in [6.07, 6.45) is 4.34. The molecule has 1 aliphatic heterocycles. The van der Waals surface area contributed by atoms with Gasteiger partial charge in [-0.1, -0.05) is 6.07 Å². The monoisotopic (exact) mass is 379 g/mol. The molecule has 1 aliphatic rings. The topological polar surface area (TPSA) is 80.1 Å². The zero-order valence-corrected chi connectivity index (χ0v) is 16.0. The Bertz CT molecular complexity index is 873. The van der Waals surface area contributed by atoms with Gasteiger partial charge in [0.05, 0.1) is 0 Å². The predicted octanol–water partition coefficient (Wildman–Crippen LogP) is 2.92. The Hall–Kier alpha value is -3.13. The molecule has 0 radical (unpaired) electrons. The molecule has 0 amide bonds. The first-order valence-corrected chi connectivity index (χ1v) is 9.60. The van der Waals surface area contributed by atoms with Crippen LogP contribution in [0.25, 0.3) is 5.82 Å². The Morgan fingerprint density at radius 2 is 1.89 bits per heavy atom. The normalized spacial score (nSPS) is 14.2. The lowest BCUT2D eigenvalue weighted by atomic mass is 10.3. The van der Waals surface area contributed by atoms with Gasteiger partial charge >= 0.3 is 0 Å². The molecule has 8 nitrogen and oxygen atoms in total. The molecule has 2 aromatic heterocycles. The Morgan fingerprint density at radius 3 is 2.61 bits per heavy atom. The molecule has 1 aromatic carbocycles. The van der Waals surface area contributed by atoms with E-state index in [1.807, 2.05) is 49.5 Å². The number of hydrogen-bond acceptors (Lipinski definition) is 7. The van der Waals surface area contributed by atoms with Gasteiger partial charge in [-0.05, 0) is 62.3 Å².